The maximum absolute atomic E-state index is 15.4. The van der Waals surface area contributed by atoms with Crippen LogP contribution in [0.4, 0.5) is 87.8 Å². The van der Waals surface area contributed by atoms with Crippen LogP contribution in [0.2, 0.25) is 0 Å². The molecule has 0 atom stereocenters. The van der Waals surface area contributed by atoms with Crippen LogP contribution in [0.1, 0.15) is 13.8 Å². The third kappa shape index (κ3) is 6.14. The van der Waals surface area contributed by atoms with Gasteiger partial charge in [0.1, 0.15) is 52.7 Å². The molecule has 0 amide bonds. The molecule has 0 saturated carbocycles. The highest BCUT2D eigenvalue weighted by atomic mass is 19.2. The molecule has 0 saturated heterocycles. The highest BCUT2D eigenvalue weighted by Crippen LogP contribution is 2.30. The minimum atomic E-state index is -7.22. The molecule has 0 aliphatic heterocycles. The summed E-state index contributed by atoms with van der Waals surface area (Å²) in [5, 5.41) is 14.6. The molecule has 23 heteroatoms. The van der Waals surface area contributed by atoms with Crippen molar-refractivity contribution in [3.63, 3.8) is 0 Å². The first-order valence-electron chi connectivity index (χ1n) is 12.4. The van der Waals surface area contributed by atoms with Crippen molar-refractivity contribution in [3.05, 3.63) is 116 Å². The molecule has 51 heavy (non-hydrogen) atoms. The lowest BCUT2D eigenvalue weighted by atomic mass is 9.12. The monoisotopic (exact) mass is 761 g/mol. The average molecular weight is 761 g/mol. The maximum Gasteiger partial charge on any atom is 0.200 e. The van der Waals surface area contributed by atoms with Crippen LogP contribution in [0.3, 0.4) is 0 Å². The summed E-state index contributed by atoms with van der Waals surface area (Å²) in [5.74, 6) is -71.4. The summed E-state index contributed by atoms with van der Waals surface area (Å²) in [6.07, 6.45) is -7.22. The quantitative estimate of drug-likeness (QED) is 0.0984. The van der Waals surface area contributed by atoms with E-state index in [0.717, 1.165) is 0 Å². The molecule has 0 fully saturated rings. The zero-order valence-corrected chi connectivity index (χ0v) is 24.0. The Bertz CT molecular complexity index is 1760. The van der Waals surface area contributed by atoms with Gasteiger partial charge in [0.15, 0.2) is 69.8 Å². The molecule has 4 rings (SSSR count). The molecule has 0 aliphatic rings. The van der Waals surface area contributed by atoms with Crippen LogP contribution in [0, 0.1) is 139 Å². The Hall–Kier alpha value is -5.48. The van der Waals surface area contributed by atoms with E-state index in [4.69, 9.17) is 10.5 Å². The summed E-state index contributed by atoms with van der Waals surface area (Å²) in [6, 6.07) is 3.50. The largest absolute Gasteiger partial charge is 0.207 e. The van der Waals surface area contributed by atoms with Gasteiger partial charge in [-0.3, -0.25) is 0 Å². The Balaban J connectivity index is 0.00000140. The predicted octanol–water partition coefficient (Wildman–Crippen LogP) is 6.91. The summed E-state index contributed by atoms with van der Waals surface area (Å²) >= 11 is 0. The van der Waals surface area contributed by atoms with E-state index in [1.54, 1.807) is 12.1 Å². The van der Waals surface area contributed by atoms with Crippen molar-refractivity contribution < 1.29 is 87.8 Å². The van der Waals surface area contributed by atoms with Gasteiger partial charge >= 0.3 is 0 Å². The molecule has 0 N–H and O–H groups in total. The summed E-state index contributed by atoms with van der Waals surface area (Å²) < 4.78 is 294. The number of benzene rings is 4. The summed E-state index contributed by atoms with van der Waals surface area (Å²) in [7, 11) is 0. The second kappa shape index (κ2) is 15.2. The predicted molar refractivity (Wildman–Crippen MR) is 132 cm³/mol. The Morgan fingerprint density at radius 3 is 0.431 bits per heavy atom. The third-order valence-electron chi connectivity index (χ3n) is 6.71. The van der Waals surface area contributed by atoms with Gasteiger partial charge in [0, 0.05) is 13.8 Å². The van der Waals surface area contributed by atoms with E-state index in [9.17, 15) is 52.7 Å². The SMILES string of the molecule is CC#N.CC#N.Fc1c(F)c(F)c([B-](c2c(F)c(F)c(F)c(F)c2F)(c2c(F)c(F)c(F)c(F)c2F)c2c(F)c(F)c(F)c(F)c2F)c(F)c1F. The number of hydrogen-bond donors (Lipinski definition) is 0. The first-order chi connectivity index (χ1) is 23.5. The van der Waals surface area contributed by atoms with Gasteiger partial charge < -0.3 is 0 Å². The first kappa shape index (κ1) is 41.7. The topological polar surface area (TPSA) is 47.6 Å². The number of rotatable bonds is 4. The van der Waals surface area contributed by atoms with Gasteiger partial charge in [-0.05, 0) is 0 Å². The molecule has 0 unspecified atom stereocenters. The highest BCUT2D eigenvalue weighted by molar-refractivity contribution is 7.20. The lowest BCUT2D eigenvalue weighted by Gasteiger charge is -2.44. The number of hydrogen-bond acceptors (Lipinski definition) is 2. The third-order valence-corrected chi connectivity index (χ3v) is 6.71. The Morgan fingerprint density at radius 2 is 0.333 bits per heavy atom. The Morgan fingerprint density at radius 1 is 0.255 bits per heavy atom. The Labute approximate surface area is 269 Å². The van der Waals surface area contributed by atoms with Gasteiger partial charge in [0.05, 0.1) is 12.1 Å². The van der Waals surface area contributed by atoms with Crippen LogP contribution in [-0.2, 0) is 0 Å². The van der Waals surface area contributed by atoms with Crippen molar-refractivity contribution in [3.8, 4) is 12.1 Å². The van der Waals surface area contributed by atoms with E-state index in [0.29, 0.717) is 0 Å². The van der Waals surface area contributed by atoms with Crippen molar-refractivity contribution in [1.29, 1.82) is 10.5 Å². The molecular formula is C28H6BF20N2-. The van der Waals surface area contributed by atoms with Crippen LogP contribution in [-0.4, -0.2) is 6.15 Å². The van der Waals surface area contributed by atoms with Crippen molar-refractivity contribution in [1.82, 2.24) is 0 Å². The van der Waals surface area contributed by atoms with Crippen molar-refractivity contribution >= 4 is 28.0 Å². The van der Waals surface area contributed by atoms with Crippen LogP contribution >= 0.6 is 0 Å². The molecule has 0 aliphatic carbocycles. The summed E-state index contributed by atoms with van der Waals surface area (Å²) in [5.41, 5.74) is -14.3. The normalized spacial score (nSPS) is 10.9. The van der Waals surface area contributed by atoms with E-state index in [1.807, 2.05) is 0 Å². The molecule has 4 aromatic rings. The number of nitrogens with zero attached hydrogens (tertiary/aromatic N) is 2. The molecule has 0 heterocycles. The maximum atomic E-state index is 15.4. The molecular weight excluding hydrogens is 755 g/mol. The highest BCUT2D eigenvalue weighted by Gasteiger charge is 2.52. The molecule has 4 aromatic carbocycles. The fraction of sp³-hybridized carbons (Fsp3) is 0.0714. The first-order valence-corrected chi connectivity index (χ1v) is 12.4. The molecule has 2 nitrogen and oxygen atoms in total. The van der Waals surface area contributed by atoms with Gasteiger partial charge in [-0.2, -0.15) is 10.5 Å². The van der Waals surface area contributed by atoms with Crippen molar-refractivity contribution in [2.24, 2.45) is 0 Å². The molecule has 0 bridgehead atoms. The zero-order chi connectivity index (χ0) is 39.8. The number of nitriles is 2. The van der Waals surface area contributed by atoms with Crippen LogP contribution in [0.25, 0.3) is 0 Å². The number of halogens is 20. The lowest BCUT2D eigenvalue weighted by Crippen LogP contribution is -2.81. The van der Waals surface area contributed by atoms with Crippen molar-refractivity contribution in [2.75, 3.05) is 0 Å². The molecule has 0 radical (unpaired) electrons. The van der Waals surface area contributed by atoms with Crippen molar-refractivity contribution in [2.45, 2.75) is 13.8 Å². The van der Waals surface area contributed by atoms with Crippen LogP contribution in [0.5, 0.6) is 0 Å². The average Bonchev–Trinajstić information content (AvgIpc) is 3.08. The zero-order valence-electron chi connectivity index (χ0n) is 24.0. The molecule has 0 spiro atoms. The van der Waals surface area contributed by atoms with Gasteiger partial charge in [-0.25, -0.2) is 87.8 Å². The minimum Gasteiger partial charge on any atom is -0.207 e. The second-order valence-electron chi connectivity index (χ2n) is 9.25. The van der Waals surface area contributed by atoms with Gasteiger partial charge in [-0.15, -0.1) is 21.9 Å². The van der Waals surface area contributed by atoms with E-state index in [-0.39, 0.29) is 0 Å². The fourth-order valence-electron chi connectivity index (χ4n) is 4.87. The van der Waals surface area contributed by atoms with Gasteiger partial charge in [0.2, 0.25) is 0 Å². The van der Waals surface area contributed by atoms with Gasteiger partial charge in [0.25, 0.3) is 0 Å². The smallest absolute Gasteiger partial charge is 0.200 e. The van der Waals surface area contributed by atoms with Crippen LogP contribution in [0.15, 0.2) is 0 Å². The lowest BCUT2D eigenvalue weighted by molar-refractivity contribution is 0.378. The minimum absolute atomic E-state index is 1.43. The molecule has 0 aromatic heterocycles. The van der Waals surface area contributed by atoms with E-state index < -0.39 is 144 Å². The standard InChI is InChI=1S/C24BF20.2C2H3N/c26-5-1(6(27)14(35)21(42)13(5)34)25(2-7(28)15(36)22(43)16(37)8(2)29,3-9(30)17(38)23(44)18(39)10(3)31)4-11(32)19(40)24(45)20(41)12(4)33;2*1-2-3/h;2*1H3/q-1;;. The Kier molecular flexibility index (Phi) is 12.4. The van der Waals surface area contributed by atoms with Gasteiger partial charge in [-0.1, -0.05) is 0 Å². The second-order valence-corrected chi connectivity index (χ2v) is 9.25. The van der Waals surface area contributed by atoms with E-state index in [1.165, 1.54) is 13.8 Å². The summed E-state index contributed by atoms with van der Waals surface area (Å²) in [4.78, 5) is 0. The fourth-order valence-corrected chi connectivity index (χ4v) is 4.87. The van der Waals surface area contributed by atoms with E-state index in [2.05, 4.69) is 0 Å². The van der Waals surface area contributed by atoms with E-state index >= 15 is 35.1 Å². The molecule has 272 valence electrons. The summed E-state index contributed by atoms with van der Waals surface area (Å²) in [6.45, 7) is 2.86. The van der Waals surface area contributed by atoms with Crippen LogP contribution < -0.4 is 21.9 Å².